The summed E-state index contributed by atoms with van der Waals surface area (Å²) in [6, 6.07) is 13.1. The normalized spacial score (nSPS) is 12.9. The van der Waals surface area contributed by atoms with E-state index in [-0.39, 0.29) is 24.0 Å². The first kappa shape index (κ1) is 18.5. The van der Waals surface area contributed by atoms with Gasteiger partial charge in [-0.05, 0) is 29.8 Å². The Bertz CT molecular complexity index is 1060. The fourth-order valence-electron chi connectivity index (χ4n) is 2.93. The molecule has 2 N–H and O–H groups in total. The number of rotatable bonds is 5. The molecule has 1 aliphatic rings. The van der Waals surface area contributed by atoms with Crippen LogP contribution in [0.4, 0.5) is 15.9 Å². The minimum absolute atomic E-state index is 0.0293. The van der Waals surface area contributed by atoms with Crippen molar-refractivity contribution in [3.63, 3.8) is 0 Å². The van der Waals surface area contributed by atoms with E-state index in [2.05, 4.69) is 4.98 Å². The van der Waals surface area contributed by atoms with E-state index in [1.165, 1.54) is 23.2 Å². The van der Waals surface area contributed by atoms with Crippen molar-refractivity contribution in [2.24, 2.45) is 0 Å². The third kappa shape index (κ3) is 3.77. The Morgan fingerprint density at radius 1 is 1.17 bits per heavy atom. The lowest BCUT2D eigenvalue weighted by Crippen LogP contribution is -2.39. The highest BCUT2D eigenvalue weighted by Gasteiger charge is 2.30. The molecule has 2 aromatic carbocycles. The molecule has 0 atom stereocenters. The monoisotopic (exact) mass is 395 g/mol. The number of nitrogens with two attached hydrogens (primary N) is 1. The summed E-state index contributed by atoms with van der Waals surface area (Å²) in [7, 11) is 1.59. The van der Waals surface area contributed by atoms with Gasteiger partial charge in [0, 0.05) is 18.3 Å². The fraction of sp³-hybridized carbons (Fsp3) is 0.143. The van der Waals surface area contributed by atoms with Gasteiger partial charge in [0.1, 0.15) is 17.3 Å². The van der Waals surface area contributed by atoms with Gasteiger partial charge in [-0.25, -0.2) is 9.37 Å². The summed E-state index contributed by atoms with van der Waals surface area (Å²) in [5.41, 5.74) is 6.43. The molecule has 2 heterocycles. The van der Waals surface area contributed by atoms with Gasteiger partial charge in [0.2, 0.25) is 5.75 Å². The zero-order chi connectivity index (χ0) is 20.4. The molecule has 29 heavy (non-hydrogen) atoms. The van der Waals surface area contributed by atoms with Gasteiger partial charge in [0.15, 0.2) is 18.2 Å². The third-order valence-electron chi connectivity index (χ3n) is 4.45. The number of ether oxygens (including phenoxy) is 3. The van der Waals surface area contributed by atoms with Crippen LogP contribution >= 0.6 is 0 Å². The molecule has 148 valence electrons. The highest BCUT2D eigenvalue weighted by Crippen LogP contribution is 2.41. The molecule has 0 unspecified atom stereocenters. The Morgan fingerprint density at radius 3 is 2.66 bits per heavy atom. The highest BCUT2D eigenvalue weighted by molar-refractivity contribution is 5.97. The molecular formula is C21H18FN3O4. The van der Waals surface area contributed by atoms with Crippen molar-refractivity contribution in [3.8, 4) is 23.0 Å². The molecule has 0 fully saturated rings. The lowest BCUT2D eigenvalue weighted by Gasteiger charge is -2.29. The Labute approximate surface area is 166 Å². The number of hydrogen-bond acceptors (Lipinski definition) is 6. The van der Waals surface area contributed by atoms with Crippen molar-refractivity contribution in [1.29, 1.82) is 0 Å². The van der Waals surface area contributed by atoms with Crippen LogP contribution in [0.1, 0.15) is 5.56 Å². The molecule has 0 saturated carbocycles. The van der Waals surface area contributed by atoms with E-state index < -0.39 is 5.82 Å². The Morgan fingerprint density at radius 2 is 1.93 bits per heavy atom. The average Bonchev–Trinajstić information content (AvgIpc) is 2.73. The van der Waals surface area contributed by atoms with Crippen LogP contribution < -0.4 is 24.8 Å². The minimum Gasteiger partial charge on any atom is -0.497 e. The van der Waals surface area contributed by atoms with Crippen molar-refractivity contribution >= 4 is 17.4 Å². The smallest absolute Gasteiger partial charge is 0.266 e. The molecule has 0 radical (unpaired) electrons. The van der Waals surface area contributed by atoms with Crippen molar-refractivity contribution in [3.05, 3.63) is 66.1 Å². The van der Waals surface area contributed by atoms with Gasteiger partial charge >= 0.3 is 0 Å². The summed E-state index contributed by atoms with van der Waals surface area (Å²) in [6.45, 7) is 0.160. The second-order valence-electron chi connectivity index (χ2n) is 6.36. The number of aromatic nitrogens is 1. The summed E-state index contributed by atoms with van der Waals surface area (Å²) in [4.78, 5) is 18.3. The first-order valence-electron chi connectivity index (χ1n) is 8.83. The van der Waals surface area contributed by atoms with Crippen LogP contribution in [0.15, 0.2) is 54.7 Å². The second kappa shape index (κ2) is 7.67. The number of carbonyl (C=O) groups is 1. The second-order valence-corrected chi connectivity index (χ2v) is 6.36. The number of amides is 1. The lowest BCUT2D eigenvalue weighted by atomic mass is 10.2. The van der Waals surface area contributed by atoms with Gasteiger partial charge in [0.25, 0.3) is 5.91 Å². The maximum atomic E-state index is 13.7. The number of halogens is 1. The Kier molecular flexibility index (Phi) is 4.90. The highest BCUT2D eigenvalue weighted by atomic mass is 19.1. The molecule has 1 aliphatic heterocycles. The SMILES string of the molecule is COc1ccc(CN2C(=O)COc3c(Oc4ccc(N)c(F)c4)ccnc32)cc1. The first-order chi connectivity index (χ1) is 14.0. The predicted octanol–water partition coefficient (Wildman–Crippen LogP) is 3.53. The van der Waals surface area contributed by atoms with E-state index in [1.54, 1.807) is 19.2 Å². The van der Waals surface area contributed by atoms with Crippen molar-refractivity contribution in [2.75, 3.05) is 24.4 Å². The Hall–Kier alpha value is -3.81. The molecule has 8 heteroatoms. The van der Waals surface area contributed by atoms with Gasteiger partial charge in [-0.2, -0.15) is 0 Å². The molecule has 0 aliphatic carbocycles. The molecular weight excluding hydrogens is 377 g/mol. The zero-order valence-electron chi connectivity index (χ0n) is 15.6. The zero-order valence-corrected chi connectivity index (χ0v) is 15.6. The maximum Gasteiger partial charge on any atom is 0.266 e. The molecule has 4 rings (SSSR count). The van der Waals surface area contributed by atoms with Crippen LogP contribution in [-0.4, -0.2) is 24.6 Å². The van der Waals surface area contributed by atoms with Gasteiger partial charge in [-0.15, -0.1) is 0 Å². The molecule has 1 aromatic heterocycles. The van der Waals surface area contributed by atoms with Crippen molar-refractivity contribution in [2.45, 2.75) is 6.54 Å². The van der Waals surface area contributed by atoms with E-state index in [9.17, 15) is 9.18 Å². The van der Waals surface area contributed by atoms with E-state index >= 15 is 0 Å². The van der Waals surface area contributed by atoms with Gasteiger partial charge in [-0.3, -0.25) is 9.69 Å². The maximum absolute atomic E-state index is 13.7. The Balaban J connectivity index is 1.63. The standard InChI is InChI=1S/C21H18FN3O4/c1-27-14-4-2-13(3-5-14)11-25-19(26)12-28-20-18(8-9-24-21(20)25)29-15-6-7-17(23)16(22)10-15/h2-10H,11-12,23H2,1H3. The molecule has 3 aromatic rings. The topological polar surface area (TPSA) is 86.9 Å². The number of pyridine rings is 1. The van der Waals surface area contributed by atoms with Gasteiger partial charge < -0.3 is 19.9 Å². The van der Waals surface area contributed by atoms with E-state index in [0.29, 0.717) is 23.9 Å². The van der Waals surface area contributed by atoms with Crippen LogP contribution in [0.3, 0.4) is 0 Å². The molecule has 0 spiro atoms. The van der Waals surface area contributed by atoms with Crippen LogP contribution in [0.2, 0.25) is 0 Å². The number of methoxy groups -OCH3 is 1. The first-order valence-corrected chi connectivity index (χ1v) is 8.83. The summed E-state index contributed by atoms with van der Waals surface area (Å²) in [5, 5.41) is 0. The minimum atomic E-state index is -0.581. The summed E-state index contributed by atoms with van der Waals surface area (Å²) in [5.74, 6) is 1.16. The van der Waals surface area contributed by atoms with Gasteiger partial charge in [-0.1, -0.05) is 12.1 Å². The van der Waals surface area contributed by atoms with E-state index in [4.69, 9.17) is 19.9 Å². The van der Waals surface area contributed by atoms with E-state index in [0.717, 1.165) is 11.3 Å². The summed E-state index contributed by atoms with van der Waals surface area (Å²) >= 11 is 0. The number of carbonyl (C=O) groups excluding carboxylic acids is 1. The van der Waals surface area contributed by atoms with Crippen LogP contribution in [0.5, 0.6) is 23.0 Å². The molecule has 0 saturated heterocycles. The number of nitrogen functional groups attached to an aromatic ring is 1. The summed E-state index contributed by atoms with van der Waals surface area (Å²) in [6.07, 6.45) is 1.50. The quantitative estimate of drug-likeness (QED) is 0.665. The van der Waals surface area contributed by atoms with Gasteiger partial charge in [0.05, 0.1) is 19.3 Å². The molecule has 1 amide bonds. The van der Waals surface area contributed by atoms with Crippen LogP contribution in [0.25, 0.3) is 0 Å². The number of anilines is 2. The number of nitrogens with zero attached hydrogens (tertiary/aromatic N) is 2. The molecule has 7 nitrogen and oxygen atoms in total. The van der Waals surface area contributed by atoms with E-state index in [1.807, 2.05) is 24.3 Å². The predicted molar refractivity (Wildman–Crippen MR) is 105 cm³/mol. The fourth-order valence-corrected chi connectivity index (χ4v) is 2.93. The molecule has 0 bridgehead atoms. The van der Waals surface area contributed by atoms with Crippen LogP contribution in [0, 0.1) is 5.82 Å². The summed E-state index contributed by atoms with van der Waals surface area (Å²) < 4.78 is 30.2. The lowest BCUT2D eigenvalue weighted by molar-refractivity contribution is -0.121. The number of hydrogen-bond donors (Lipinski definition) is 1. The van der Waals surface area contributed by atoms with Crippen LogP contribution in [-0.2, 0) is 11.3 Å². The largest absolute Gasteiger partial charge is 0.497 e. The number of fused-ring (bicyclic) bond motifs is 1. The average molecular weight is 395 g/mol. The van der Waals surface area contributed by atoms with Crippen molar-refractivity contribution in [1.82, 2.24) is 4.98 Å². The number of benzene rings is 2. The third-order valence-corrected chi connectivity index (χ3v) is 4.45. The van der Waals surface area contributed by atoms with Crippen molar-refractivity contribution < 1.29 is 23.4 Å².